The van der Waals surface area contributed by atoms with Gasteiger partial charge in [-0.25, -0.2) is 9.78 Å². The molecule has 2 aromatic heterocycles. The number of nitrogens with zero attached hydrogens (tertiary/aromatic N) is 4. The van der Waals surface area contributed by atoms with Gasteiger partial charge in [0, 0.05) is 18.4 Å². The number of pyridine rings is 1. The molecule has 0 aliphatic carbocycles. The van der Waals surface area contributed by atoms with Crippen LogP contribution in [-0.2, 0) is 16.1 Å². The summed E-state index contributed by atoms with van der Waals surface area (Å²) < 4.78 is 5.58. The van der Waals surface area contributed by atoms with Crippen LogP contribution in [0.25, 0.3) is 0 Å². The monoisotopic (exact) mass is 456 g/mol. The third-order valence-corrected chi connectivity index (χ3v) is 5.69. The number of thiazole rings is 1. The molecule has 0 saturated heterocycles. The highest BCUT2D eigenvalue weighted by Crippen LogP contribution is 2.30. The lowest BCUT2D eigenvalue weighted by Crippen LogP contribution is -2.27. The number of carbonyl (C=O) groups is 2. The molecule has 0 bridgehead atoms. The third-order valence-electron chi connectivity index (χ3n) is 4.81. The van der Waals surface area contributed by atoms with Crippen molar-refractivity contribution in [2.75, 3.05) is 12.0 Å². The number of ether oxygens (including phenoxy) is 1. The number of nitro groups is 1. The number of benzene rings is 1. The molecule has 0 radical (unpaired) electrons. The Morgan fingerprint density at radius 1 is 1.25 bits per heavy atom. The summed E-state index contributed by atoms with van der Waals surface area (Å²) in [6, 6.07) is 6.49. The molecule has 0 unspecified atom stereocenters. The number of aryl methyl sites for hydroxylation is 2. The average Bonchev–Trinajstić information content (AvgIpc) is 3.19. The van der Waals surface area contributed by atoms with E-state index < -0.39 is 27.7 Å². The van der Waals surface area contributed by atoms with Crippen LogP contribution in [0, 0.1) is 24.0 Å². The second-order valence-electron chi connectivity index (χ2n) is 7.04. The molecule has 3 rings (SSSR count). The third kappa shape index (κ3) is 4.57. The van der Waals surface area contributed by atoms with Crippen LogP contribution >= 0.6 is 11.3 Å². The number of methoxy groups -OCH3 is 1. The van der Waals surface area contributed by atoms with Crippen LogP contribution in [0.15, 0.2) is 40.6 Å². The minimum Gasteiger partial charge on any atom is -0.465 e. The van der Waals surface area contributed by atoms with E-state index in [1.54, 1.807) is 5.38 Å². The van der Waals surface area contributed by atoms with Gasteiger partial charge < -0.3 is 9.30 Å². The smallest absolute Gasteiger partial charge is 0.343 e. The van der Waals surface area contributed by atoms with E-state index in [2.05, 4.69) is 9.72 Å². The van der Waals surface area contributed by atoms with Gasteiger partial charge in [0.15, 0.2) is 5.13 Å². The summed E-state index contributed by atoms with van der Waals surface area (Å²) in [6.45, 7) is 5.21. The van der Waals surface area contributed by atoms with Crippen LogP contribution in [0.2, 0.25) is 0 Å². The molecule has 2 heterocycles. The van der Waals surface area contributed by atoms with Crippen LogP contribution in [0.4, 0.5) is 16.5 Å². The Kier molecular flexibility index (Phi) is 6.49. The van der Waals surface area contributed by atoms with Crippen LogP contribution in [0.3, 0.4) is 0 Å². The van der Waals surface area contributed by atoms with E-state index in [9.17, 15) is 24.5 Å². The van der Waals surface area contributed by atoms with Gasteiger partial charge in [-0.2, -0.15) is 0 Å². The molecular weight excluding hydrogens is 436 g/mol. The normalized spacial score (nSPS) is 10.6. The minimum atomic E-state index is -0.969. The first-order valence-corrected chi connectivity index (χ1v) is 10.3. The molecule has 0 atom stereocenters. The quantitative estimate of drug-likeness (QED) is 0.316. The summed E-state index contributed by atoms with van der Waals surface area (Å²) in [4.78, 5) is 53.3. The van der Waals surface area contributed by atoms with Gasteiger partial charge in [-0.05, 0) is 37.1 Å². The molecule has 0 spiro atoms. The number of amides is 1. The molecule has 0 aliphatic heterocycles. The number of anilines is 2. The molecule has 32 heavy (non-hydrogen) atoms. The lowest BCUT2D eigenvalue weighted by Gasteiger charge is -2.19. The topological polar surface area (TPSA) is 125 Å². The van der Waals surface area contributed by atoms with Crippen molar-refractivity contribution in [2.45, 2.75) is 27.3 Å². The highest BCUT2D eigenvalue weighted by atomic mass is 32.1. The zero-order valence-corrected chi connectivity index (χ0v) is 18.6. The first-order valence-electron chi connectivity index (χ1n) is 9.42. The van der Waals surface area contributed by atoms with E-state index in [0.717, 1.165) is 35.1 Å². The van der Waals surface area contributed by atoms with E-state index in [1.165, 1.54) is 23.2 Å². The molecule has 1 amide bonds. The number of hydrogen-bond acceptors (Lipinski definition) is 8. The Morgan fingerprint density at radius 2 is 1.97 bits per heavy atom. The maximum atomic E-state index is 12.6. The van der Waals surface area contributed by atoms with E-state index in [4.69, 9.17) is 0 Å². The second-order valence-corrected chi connectivity index (χ2v) is 7.87. The molecular formula is C21H20N4O6S. The van der Waals surface area contributed by atoms with Gasteiger partial charge >= 0.3 is 5.97 Å². The Hall–Kier alpha value is -3.86. The van der Waals surface area contributed by atoms with E-state index in [-0.39, 0.29) is 12.5 Å². The van der Waals surface area contributed by atoms with E-state index in [0.29, 0.717) is 16.5 Å². The summed E-state index contributed by atoms with van der Waals surface area (Å²) in [5.41, 5.74) is 1.54. The summed E-state index contributed by atoms with van der Waals surface area (Å²) in [7, 11) is 1.08. The fourth-order valence-corrected chi connectivity index (χ4v) is 3.91. The molecule has 166 valence electrons. The first kappa shape index (κ1) is 22.8. The van der Waals surface area contributed by atoms with E-state index in [1.807, 2.05) is 32.0 Å². The Labute approximate surface area is 186 Å². The maximum Gasteiger partial charge on any atom is 0.343 e. The molecule has 0 aliphatic rings. The van der Waals surface area contributed by atoms with Crippen molar-refractivity contribution in [3.8, 4) is 0 Å². The largest absolute Gasteiger partial charge is 0.465 e. The predicted molar refractivity (Wildman–Crippen MR) is 119 cm³/mol. The summed E-state index contributed by atoms with van der Waals surface area (Å²) in [5, 5.41) is 13.3. The van der Waals surface area contributed by atoms with E-state index >= 15 is 0 Å². The predicted octanol–water partition coefficient (Wildman–Crippen LogP) is 3.35. The highest BCUT2D eigenvalue weighted by Gasteiger charge is 2.22. The molecule has 10 nitrogen and oxygen atoms in total. The fraction of sp³-hybridized carbons (Fsp3) is 0.238. The summed E-state index contributed by atoms with van der Waals surface area (Å²) >= 11 is 1.19. The molecule has 0 fully saturated rings. The maximum absolute atomic E-state index is 12.6. The van der Waals surface area contributed by atoms with Crippen molar-refractivity contribution in [3.05, 3.63) is 78.7 Å². The number of carbonyl (C=O) groups excluding carboxylic acids is 2. The summed E-state index contributed by atoms with van der Waals surface area (Å²) in [5.74, 6) is -1.21. The van der Waals surface area contributed by atoms with Crippen LogP contribution in [0.1, 0.15) is 34.1 Å². The van der Waals surface area contributed by atoms with Crippen LogP contribution in [-0.4, -0.2) is 33.5 Å². The lowest BCUT2D eigenvalue weighted by atomic mass is 10.1. The molecule has 0 N–H and O–H groups in total. The average molecular weight is 456 g/mol. The zero-order valence-electron chi connectivity index (χ0n) is 17.8. The second kappa shape index (κ2) is 9.10. The number of aromatic nitrogens is 2. The number of esters is 1. The zero-order chi connectivity index (χ0) is 23.6. The van der Waals surface area contributed by atoms with Crippen LogP contribution in [0.5, 0.6) is 0 Å². The van der Waals surface area contributed by atoms with Gasteiger partial charge in [0.2, 0.25) is 5.91 Å². The van der Waals surface area contributed by atoms with Crippen molar-refractivity contribution in [2.24, 2.45) is 0 Å². The van der Waals surface area contributed by atoms with Gasteiger partial charge in [0.05, 0.1) is 36.2 Å². The molecule has 3 aromatic rings. The number of rotatable bonds is 6. The lowest BCUT2D eigenvalue weighted by molar-refractivity contribution is -0.385. The van der Waals surface area contributed by atoms with Crippen LogP contribution < -0.4 is 10.5 Å². The van der Waals surface area contributed by atoms with Crippen molar-refractivity contribution in [1.82, 2.24) is 9.55 Å². The Bertz CT molecular complexity index is 1280. The van der Waals surface area contributed by atoms with Crippen molar-refractivity contribution < 1.29 is 19.2 Å². The van der Waals surface area contributed by atoms with Gasteiger partial charge in [-0.1, -0.05) is 6.07 Å². The first-order chi connectivity index (χ1) is 15.1. The number of hydrogen-bond donors (Lipinski definition) is 0. The SMILES string of the molecule is COC(=O)c1cc([N+](=O)[O-])cn(Cc2csc(N(C(C)=O)c3ccc(C)c(C)c3)n2)c1=O. The van der Waals surface area contributed by atoms with Gasteiger partial charge in [0.25, 0.3) is 11.2 Å². The molecule has 11 heteroatoms. The van der Waals surface area contributed by atoms with Crippen molar-refractivity contribution in [1.29, 1.82) is 0 Å². The van der Waals surface area contributed by atoms with Gasteiger partial charge in [-0.15, -0.1) is 11.3 Å². The van der Waals surface area contributed by atoms with Crippen molar-refractivity contribution >= 4 is 39.7 Å². The minimum absolute atomic E-state index is 0.125. The highest BCUT2D eigenvalue weighted by molar-refractivity contribution is 7.14. The Morgan fingerprint density at radius 3 is 2.56 bits per heavy atom. The van der Waals surface area contributed by atoms with Gasteiger partial charge in [-0.3, -0.25) is 24.6 Å². The molecule has 0 saturated carbocycles. The standard InChI is InChI=1S/C21H20N4O6S/c1-12-5-6-16(7-13(12)2)24(14(3)26)21-22-15(11-32-21)9-23-10-17(25(29)30)8-18(19(23)27)20(28)31-4/h5-8,10-11H,9H2,1-4H3. The van der Waals surface area contributed by atoms with Gasteiger partial charge in [0.1, 0.15) is 5.56 Å². The van der Waals surface area contributed by atoms with Crippen molar-refractivity contribution in [3.63, 3.8) is 0 Å². The molecule has 1 aromatic carbocycles. The summed E-state index contributed by atoms with van der Waals surface area (Å²) in [6.07, 6.45) is 1.04. The Balaban J connectivity index is 2.00. The fourth-order valence-electron chi connectivity index (χ4n) is 3.03.